The van der Waals surface area contributed by atoms with Crippen molar-refractivity contribution in [3.05, 3.63) is 24.2 Å². The third-order valence-electron chi connectivity index (χ3n) is 2.12. The van der Waals surface area contributed by atoms with Gasteiger partial charge in [-0.05, 0) is 19.1 Å². The maximum absolute atomic E-state index is 10.9. The van der Waals surface area contributed by atoms with Crippen LogP contribution in [0.3, 0.4) is 0 Å². The molecular formula is C8H9NO3. The van der Waals surface area contributed by atoms with Crippen LogP contribution in [0.5, 0.6) is 0 Å². The largest absolute Gasteiger partial charge is 0.467 e. The first-order valence-electron chi connectivity index (χ1n) is 3.69. The van der Waals surface area contributed by atoms with Gasteiger partial charge >= 0.3 is 0 Å². The Morgan fingerprint density at radius 2 is 2.50 bits per heavy atom. The molecule has 12 heavy (non-hydrogen) atoms. The van der Waals surface area contributed by atoms with Gasteiger partial charge in [0.15, 0.2) is 5.60 Å². The summed E-state index contributed by atoms with van der Waals surface area (Å²) in [6.07, 6.45) is 1.51. The molecular weight excluding hydrogens is 158 g/mol. The van der Waals surface area contributed by atoms with E-state index in [0.717, 1.165) is 0 Å². The summed E-state index contributed by atoms with van der Waals surface area (Å²) in [6, 6.07) is 3.04. The van der Waals surface area contributed by atoms with Gasteiger partial charge in [0, 0.05) is 0 Å². The Hall–Kier alpha value is -1.29. The highest BCUT2D eigenvalue weighted by molar-refractivity contribution is 5.92. The van der Waals surface area contributed by atoms with Gasteiger partial charge in [-0.1, -0.05) is 0 Å². The second kappa shape index (κ2) is 2.10. The van der Waals surface area contributed by atoms with Gasteiger partial charge in [-0.25, -0.2) is 0 Å². The van der Waals surface area contributed by atoms with Crippen molar-refractivity contribution >= 4 is 5.91 Å². The molecule has 1 aromatic heterocycles. The Labute approximate surface area is 69.2 Å². The minimum Gasteiger partial charge on any atom is -0.467 e. The minimum atomic E-state index is -1.32. The first-order valence-corrected chi connectivity index (χ1v) is 3.69. The highest BCUT2D eigenvalue weighted by atomic mass is 16.3. The zero-order valence-corrected chi connectivity index (χ0v) is 6.57. The first kappa shape index (κ1) is 7.36. The Kier molecular flexibility index (Phi) is 1.29. The van der Waals surface area contributed by atoms with E-state index in [1.165, 1.54) is 13.2 Å². The number of furan rings is 1. The van der Waals surface area contributed by atoms with Crippen molar-refractivity contribution in [2.45, 2.75) is 18.6 Å². The summed E-state index contributed by atoms with van der Waals surface area (Å²) in [7, 11) is 0. The van der Waals surface area contributed by atoms with Crippen molar-refractivity contribution in [3.63, 3.8) is 0 Å². The predicted molar refractivity (Wildman–Crippen MR) is 40.2 cm³/mol. The molecule has 4 nitrogen and oxygen atoms in total. The zero-order valence-electron chi connectivity index (χ0n) is 6.57. The summed E-state index contributed by atoms with van der Waals surface area (Å²) < 4.78 is 5.05. The van der Waals surface area contributed by atoms with Gasteiger partial charge in [0.25, 0.3) is 5.91 Å². The molecule has 4 heteroatoms. The molecule has 1 amide bonds. The minimum absolute atomic E-state index is 0.358. The van der Waals surface area contributed by atoms with Gasteiger partial charge in [-0.3, -0.25) is 4.79 Å². The van der Waals surface area contributed by atoms with Crippen LogP contribution in [0.1, 0.15) is 18.7 Å². The third kappa shape index (κ3) is 0.783. The van der Waals surface area contributed by atoms with Gasteiger partial charge in [0.2, 0.25) is 0 Å². The molecule has 1 aliphatic rings. The monoisotopic (exact) mass is 167 g/mol. The lowest BCUT2D eigenvalue weighted by molar-refractivity contribution is -0.159. The number of carbonyl (C=O) groups is 1. The molecule has 0 aliphatic carbocycles. The number of β-lactam (4-membered cyclic amide) rings is 1. The Morgan fingerprint density at radius 1 is 1.75 bits per heavy atom. The van der Waals surface area contributed by atoms with Gasteiger partial charge in [0.05, 0.1) is 6.26 Å². The van der Waals surface area contributed by atoms with Crippen LogP contribution >= 0.6 is 0 Å². The smallest absolute Gasteiger partial charge is 0.255 e. The molecule has 0 radical (unpaired) electrons. The summed E-state index contributed by atoms with van der Waals surface area (Å²) in [5.74, 6) is 0.225. The van der Waals surface area contributed by atoms with E-state index >= 15 is 0 Å². The van der Waals surface area contributed by atoms with Crippen LogP contribution in [0.4, 0.5) is 0 Å². The van der Waals surface area contributed by atoms with Crippen molar-refractivity contribution in [2.75, 3.05) is 0 Å². The highest BCUT2D eigenvalue weighted by Gasteiger charge is 2.52. The van der Waals surface area contributed by atoms with E-state index in [1.807, 2.05) is 0 Å². The molecule has 1 aliphatic heterocycles. The molecule has 0 aromatic carbocycles. The van der Waals surface area contributed by atoms with Gasteiger partial charge in [-0.2, -0.15) is 0 Å². The van der Waals surface area contributed by atoms with Crippen LogP contribution in [0.15, 0.2) is 22.8 Å². The number of hydrogen-bond donors (Lipinski definition) is 2. The van der Waals surface area contributed by atoms with E-state index in [1.54, 1.807) is 12.1 Å². The fourth-order valence-electron chi connectivity index (χ4n) is 1.27. The van der Waals surface area contributed by atoms with E-state index < -0.39 is 11.6 Å². The van der Waals surface area contributed by atoms with Crippen LogP contribution in [-0.2, 0) is 4.79 Å². The lowest BCUT2D eigenvalue weighted by atomic mass is 9.85. The maximum atomic E-state index is 10.9. The Morgan fingerprint density at radius 3 is 2.92 bits per heavy atom. The quantitative estimate of drug-likeness (QED) is 0.587. The van der Waals surface area contributed by atoms with Crippen molar-refractivity contribution in [1.82, 2.24) is 5.32 Å². The molecule has 2 heterocycles. The van der Waals surface area contributed by atoms with Crippen LogP contribution in [0.2, 0.25) is 0 Å². The molecule has 1 fully saturated rings. The van der Waals surface area contributed by atoms with Crippen molar-refractivity contribution in [2.24, 2.45) is 0 Å². The van der Waals surface area contributed by atoms with E-state index in [-0.39, 0.29) is 5.91 Å². The normalized spacial score (nSPS) is 34.2. The summed E-state index contributed by atoms with van der Waals surface area (Å²) >= 11 is 0. The summed E-state index contributed by atoms with van der Waals surface area (Å²) in [5.41, 5.74) is -1.32. The molecule has 0 bridgehead atoms. The molecule has 1 aromatic rings. The standard InChI is InChI=1S/C8H9NO3/c1-8(11)6(9-7(8)10)5-3-2-4-12-5/h2-4,6,11H,1H3,(H,9,10)/t6-,8+/m0/s1. The average Bonchev–Trinajstić information content (AvgIpc) is 2.51. The van der Waals surface area contributed by atoms with Crippen molar-refractivity contribution in [1.29, 1.82) is 0 Å². The fourth-order valence-corrected chi connectivity index (χ4v) is 1.27. The number of rotatable bonds is 1. The number of aliphatic hydroxyl groups is 1. The van der Waals surface area contributed by atoms with E-state index in [4.69, 9.17) is 4.42 Å². The van der Waals surface area contributed by atoms with E-state index in [9.17, 15) is 9.90 Å². The Bertz CT molecular complexity index is 302. The summed E-state index contributed by atoms with van der Waals surface area (Å²) in [6.45, 7) is 1.47. The number of hydrogen-bond acceptors (Lipinski definition) is 3. The highest BCUT2D eigenvalue weighted by Crippen LogP contribution is 2.33. The molecule has 1 saturated heterocycles. The van der Waals surface area contributed by atoms with Crippen molar-refractivity contribution in [3.8, 4) is 0 Å². The molecule has 0 unspecified atom stereocenters. The number of amides is 1. The molecule has 0 spiro atoms. The first-order chi connectivity index (χ1) is 5.62. The SMILES string of the molecule is C[C@]1(O)C(=O)N[C@H]1c1ccco1. The maximum Gasteiger partial charge on any atom is 0.255 e. The van der Waals surface area contributed by atoms with Crippen LogP contribution in [-0.4, -0.2) is 16.6 Å². The topological polar surface area (TPSA) is 62.5 Å². The van der Waals surface area contributed by atoms with Crippen molar-refractivity contribution < 1.29 is 14.3 Å². The molecule has 2 rings (SSSR count). The third-order valence-corrected chi connectivity index (χ3v) is 2.12. The number of nitrogens with one attached hydrogen (secondary N) is 1. The fraction of sp³-hybridized carbons (Fsp3) is 0.375. The van der Waals surface area contributed by atoms with Crippen LogP contribution < -0.4 is 5.32 Å². The molecule has 2 N–H and O–H groups in total. The van der Waals surface area contributed by atoms with Gasteiger partial charge in [-0.15, -0.1) is 0 Å². The lowest BCUT2D eigenvalue weighted by Crippen LogP contribution is -2.64. The molecule has 2 atom stereocenters. The zero-order chi connectivity index (χ0) is 8.77. The second-order valence-corrected chi connectivity index (χ2v) is 3.07. The summed E-state index contributed by atoms with van der Waals surface area (Å²) in [4.78, 5) is 10.9. The van der Waals surface area contributed by atoms with Gasteiger partial charge < -0.3 is 14.8 Å². The molecule has 0 saturated carbocycles. The predicted octanol–water partition coefficient (Wildman–Crippen LogP) is 0.201. The Balaban J connectivity index is 2.25. The van der Waals surface area contributed by atoms with Crippen LogP contribution in [0.25, 0.3) is 0 Å². The van der Waals surface area contributed by atoms with Gasteiger partial charge in [0.1, 0.15) is 11.8 Å². The molecule has 64 valence electrons. The lowest BCUT2D eigenvalue weighted by Gasteiger charge is -2.40. The second-order valence-electron chi connectivity index (χ2n) is 3.07. The van der Waals surface area contributed by atoms with E-state index in [2.05, 4.69) is 5.32 Å². The van der Waals surface area contributed by atoms with Crippen LogP contribution in [0, 0.1) is 0 Å². The average molecular weight is 167 g/mol. The number of carbonyl (C=O) groups excluding carboxylic acids is 1. The summed E-state index contributed by atoms with van der Waals surface area (Å²) in [5, 5.41) is 12.1. The van der Waals surface area contributed by atoms with E-state index in [0.29, 0.717) is 5.76 Å².